The molecular formula is C11H16F3N3. The highest BCUT2D eigenvalue weighted by atomic mass is 19.4. The van der Waals surface area contributed by atoms with Gasteiger partial charge in [0.25, 0.3) is 0 Å². The quantitative estimate of drug-likeness (QED) is 0.830. The second-order valence-electron chi connectivity index (χ2n) is 5.09. The van der Waals surface area contributed by atoms with Gasteiger partial charge in [-0.1, -0.05) is 20.8 Å². The van der Waals surface area contributed by atoms with Crippen LogP contribution in [-0.4, -0.2) is 9.97 Å². The van der Waals surface area contributed by atoms with Gasteiger partial charge in [0, 0.05) is 5.69 Å². The second-order valence-corrected chi connectivity index (χ2v) is 5.09. The summed E-state index contributed by atoms with van der Waals surface area (Å²) in [6.45, 7) is 6.99. The number of alkyl halides is 3. The monoisotopic (exact) mass is 247 g/mol. The molecule has 6 heteroatoms. The van der Waals surface area contributed by atoms with Crippen molar-refractivity contribution in [1.29, 1.82) is 0 Å². The second kappa shape index (κ2) is 4.25. The summed E-state index contributed by atoms with van der Waals surface area (Å²) in [6.07, 6.45) is -4.47. The molecular weight excluding hydrogens is 231 g/mol. The molecule has 0 saturated carbocycles. The van der Waals surface area contributed by atoms with Gasteiger partial charge in [0.1, 0.15) is 11.5 Å². The Bertz CT molecular complexity index is 407. The van der Waals surface area contributed by atoms with Gasteiger partial charge in [0.15, 0.2) is 0 Å². The molecule has 0 saturated heterocycles. The van der Waals surface area contributed by atoms with Crippen molar-refractivity contribution in [2.45, 2.75) is 39.9 Å². The first-order valence-electron chi connectivity index (χ1n) is 5.20. The van der Waals surface area contributed by atoms with E-state index in [1.807, 2.05) is 20.8 Å². The van der Waals surface area contributed by atoms with Crippen LogP contribution in [0.25, 0.3) is 0 Å². The molecule has 17 heavy (non-hydrogen) atoms. The number of hydrogen-bond acceptors (Lipinski definition) is 3. The van der Waals surface area contributed by atoms with Crippen LogP contribution >= 0.6 is 0 Å². The molecule has 96 valence electrons. The Morgan fingerprint density at radius 1 is 1.18 bits per heavy atom. The Labute approximate surface area is 98.3 Å². The average Bonchev–Trinajstić information content (AvgIpc) is 2.12. The van der Waals surface area contributed by atoms with Gasteiger partial charge in [0.2, 0.25) is 0 Å². The predicted octanol–water partition coefficient (Wildman–Crippen LogP) is 2.85. The zero-order valence-corrected chi connectivity index (χ0v) is 10.3. The zero-order valence-electron chi connectivity index (χ0n) is 10.3. The smallest absolute Gasteiger partial charge is 0.321 e. The fourth-order valence-corrected chi connectivity index (χ4v) is 1.26. The molecule has 0 bridgehead atoms. The summed E-state index contributed by atoms with van der Waals surface area (Å²) in [4.78, 5) is 7.49. The maximum atomic E-state index is 12.6. The van der Waals surface area contributed by atoms with Crippen LogP contribution in [0.4, 0.5) is 13.2 Å². The Kier molecular flexibility index (Phi) is 3.47. The van der Waals surface area contributed by atoms with Crippen molar-refractivity contribution in [3.05, 3.63) is 23.3 Å². The van der Waals surface area contributed by atoms with E-state index in [0.29, 0.717) is 0 Å². The maximum Gasteiger partial charge on any atom is 0.433 e. The highest BCUT2D eigenvalue weighted by Gasteiger charge is 2.35. The van der Waals surface area contributed by atoms with Crippen LogP contribution in [0.3, 0.4) is 0 Å². The topological polar surface area (TPSA) is 51.8 Å². The summed E-state index contributed by atoms with van der Waals surface area (Å²) in [5, 5.41) is 0. The van der Waals surface area contributed by atoms with Crippen molar-refractivity contribution in [2.24, 2.45) is 11.1 Å². The molecule has 0 radical (unpaired) electrons. The van der Waals surface area contributed by atoms with Gasteiger partial charge in [-0.25, -0.2) is 9.97 Å². The van der Waals surface area contributed by atoms with Gasteiger partial charge in [-0.2, -0.15) is 13.2 Å². The average molecular weight is 247 g/mol. The van der Waals surface area contributed by atoms with Crippen LogP contribution in [0.1, 0.15) is 44.0 Å². The molecule has 1 rings (SSSR count). The summed E-state index contributed by atoms with van der Waals surface area (Å²) < 4.78 is 37.7. The highest BCUT2D eigenvalue weighted by molar-refractivity contribution is 5.15. The van der Waals surface area contributed by atoms with E-state index in [1.165, 1.54) is 6.92 Å². The zero-order chi connectivity index (χ0) is 13.4. The third kappa shape index (κ3) is 3.39. The minimum atomic E-state index is -4.47. The van der Waals surface area contributed by atoms with Crippen molar-refractivity contribution >= 4 is 0 Å². The van der Waals surface area contributed by atoms with Crippen LogP contribution in [0.2, 0.25) is 0 Å². The summed E-state index contributed by atoms with van der Waals surface area (Å²) in [6, 6.07) is 0.280. The van der Waals surface area contributed by atoms with Crippen LogP contribution in [0.15, 0.2) is 6.07 Å². The Morgan fingerprint density at radius 3 is 2.12 bits per heavy atom. The summed E-state index contributed by atoms with van der Waals surface area (Å²) in [5.41, 5.74) is 4.79. The lowest BCUT2D eigenvalue weighted by molar-refractivity contribution is -0.141. The van der Waals surface area contributed by atoms with Crippen molar-refractivity contribution in [3.8, 4) is 0 Å². The third-order valence-electron chi connectivity index (χ3n) is 2.37. The van der Waals surface area contributed by atoms with E-state index >= 15 is 0 Å². The first-order chi connectivity index (χ1) is 7.51. The Hall–Kier alpha value is -1.17. The maximum absolute atomic E-state index is 12.6. The molecule has 1 unspecified atom stereocenters. The largest absolute Gasteiger partial charge is 0.433 e. The van der Waals surface area contributed by atoms with Crippen LogP contribution < -0.4 is 5.73 Å². The van der Waals surface area contributed by atoms with Crippen LogP contribution in [-0.2, 0) is 6.18 Å². The third-order valence-corrected chi connectivity index (χ3v) is 2.37. The lowest BCUT2D eigenvalue weighted by Crippen LogP contribution is -2.29. The normalized spacial score (nSPS) is 14.8. The molecule has 0 spiro atoms. The van der Waals surface area contributed by atoms with Gasteiger partial charge >= 0.3 is 6.18 Å². The van der Waals surface area contributed by atoms with Gasteiger partial charge in [-0.15, -0.1) is 0 Å². The number of halogens is 3. The van der Waals surface area contributed by atoms with Crippen molar-refractivity contribution < 1.29 is 13.2 Å². The van der Waals surface area contributed by atoms with Crippen LogP contribution in [0.5, 0.6) is 0 Å². The molecule has 1 aromatic rings. The number of nitrogens with zero attached hydrogens (tertiary/aromatic N) is 2. The lowest BCUT2D eigenvalue weighted by atomic mass is 9.87. The SMILES string of the molecule is Cc1cc(C(F)(F)F)nc(C(N)C(C)(C)C)n1. The van der Waals surface area contributed by atoms with Crippen LogP contribution in [0, 0.1) is 12.3 Å². The van der Waals surface area contributed by atoms with Crippen molar-refractivity contribution in [2.75, 3.05) is 0 Å². The molecule has 2 N–H and O–H groups in total. The first-order valence-corrected chi connectivity index (χ1v) is 5.20. The highest BCUT2D eigenvalue weighted by Crippen LogP contribution is 2.32. The summed E-state index contributed by atoms with van der Waals surface area (Å²) >= 11 is 0. The Morgan fingerprint density at radius 2 is 1.71 bits per heavy atom. The van der Waals surface area contributed by atoms with Crippen molar-refractivity contribution in [1.82, 2.24) is 9.97 Å². The molecule has 3 nitrogen and oxygen atoms in total. The lowest BCUT2D eigenvalue weighted by Gasteiger charge is -2.26. The van der Waals surface area contributed by atoms with E-state index in [-0.39, 0.29) is 11.5 Å². The number of hydrogen-bond donors (Lipinski definition) is 1. The molecule has 0 aliphatic carbocycles. The number of aryl methyl sites for hydroxylation is 1. The molecule has 0 fully saturated rings. The molecule has 1 heterocycles. The number of rotatable bonds is 1. The van der Waals surface area contributed by atoms with E-state index in [4.69, 9.17) is 5.73 Å². The van der Waals surface area contributed by atoms with E-state index in [2.05, 4.69) is 9.97 Å². The van der Waals surface area contributed by atoms with Gasteiger partial charge in [0.05, 0.1) is 6.04 Å². The van der Waals surface area contributed by atoms with E-state index in [1.54, 1.807) is 0 Å². The van der Waals surface area contributed by atoms with E-state index < -0.39 is 23.3 Å². The van der Waals surface area contributed by atoms with Crippen molar-refractivity contribution in [3.63, 3.8) is 0 Å². The van der Waals surface area contributed by atoms with Gasteiger partial charge < -0.3 is 5.73 Å². The Balaban J connectivity index is 3.24. The standard InChI is InChI=1S/C11H16F3N3/c1-6-5-7(11(12,13)14)17-9(16-6)8(15)10(2,3)4/h5,8H,15H2,1-4H3. The molecule has 1 aromatic heterocycles. The minimum absolute atomic E-state index is 0.0322. The fourth-order valence-electron chi connectivity index (χ4n) is 1.26. The number of nitrogens with two attached hydrogens (primary N) is 1. The van der Waals surface area contributed by atoms with E-state index in [0.717, 1.165) is 6.07 Å². The molecule has 0 amide bonds. The summed E-state index contributed by atoms with van der Waals surface area (Å²) in [7, 11) is 0. The molecule has 0 aliphatic rings. The van der Waals surface area contributed by atoms with Gasteiger partial charge in [-0.3, -0.25) is 0 Å². The fraction of sp³-hybridized carbons (Fsp3) is 0.636. The van der Waals surface area contributed by atoms with Gasteiger partial charge in [-0.05, 0) is 18.4 Å². The molecule has 1 atom stereocenters. The molecule has 0 aliphatic heterocycles. The molecule has 0 aromatic carbocycles. The summed E-state index contributed by atoms with van der Waals surface area (Å²) in [5.74, 6) is 0.0322. The first kappa shape index (κ1) is 13.9. The predicted molar refractivity (Wildman–Crippen MR) is 58.2 cm³/mol. The minimum Gasteiger partial charge on any atom is -0.321 e. The van der Waals surface area contributed by atoms with E-state index in [9.17, 15) is 13.2 Å². The number of aromatic nitrogens is 2.